The number of hydrogen-bond donors (Lipinski definition) is 2. The number of anilines is 2. The van der Waals surface area contributed by atoms with Gasteiger partial charge in [-0.25, -0.2) is 4.68 Å². The molecule has 0 aromatic carbocycles. The largest absolute Gasteiger partial charge is 0.394 e. The summed E-state index contributed by atoms with van der Waals surface area (Å²) in [6.45, 7) is 5.95. The van der Waals surface area contributed by atoms with Crippen LogP contribution in [0.25, 0.3) is 0 Å². The molecule has 1 aromatic heterocycles. The Morgan fingerprint density at radius 1 is 1.58 bits per heavy atom. The lowest BCUT2D eigenvalue weighted by Gasteiger charge is -2.07. The second-order valence-corrected chi connectivity index (χ2v) is 2.70. The topological polar surface area (TPSA) is 55.9 Å². The van der Waals surface area contributed by atoms with E-state index in [1.165, 1.54) is 0 Å². The molecule has 0 aliphatic carbocycles. The Bertz CT molecular complexity index is 241. The van der Waals surface area contributed by atoms with Crippen molar-refractivity contribution in [1.82, 2.24) is 9.78 Å². The van der Waals surface area contributed by atoms with Crippen LogP contribution in [0.15, 0.2) is 6.20 Å². The maximum atomic E-state index is 5.71. The molecule has 0 spiro atoms. The summed E-state index contributed by atoms with van der Waals surface area (Å²) in [7, 11) is 0. The van der Waals surface area contributed by atoms with Gasteiger partial charge in [0, 0.05) is 13.1 Å². The fourth-order valence-corrected chi connectivity index (χ4v) is 1.14. The summed E-state index contributed by atoms with van der Waals surface area (Å²) in [6, 6.07) is 0. The van der Waals surface area contributed by atoms with E-state index in [0.717, 1.165) is 31.0 Å². The summed E-state index contributed by atoms with van der Waals surface area (Å²) >= 11 is 0. The molecule has 0 unspecified atom stereocenters. The van der Waals surface area contributed by atoms with Gasteiger partial charge in [0.15, 0.2) is 0 Å². The fraction of sp³-hybridized carbons (Fsp3) is 0.625. The summed E-state index contributed by atoms with van der Waals surface area (Å²) < 4.78 is 1.90. The molecule has 1 rings (SSSR count). The van der Waals surface area contributed by atoms with Crippen LogP contribution < -0.4 is 11.1 Å². The lowest BCUT2D eigenvalue weighted by atomic mass is 10.4. The highest BCUT2D eigenvalue weighted by atomic mass is 15.3. The number of nitrogens with zero attached hydrogens (tertiary/aromatic N) is 2. The van der Waals surface area contributed by atoms with Gasteiger partial charge in [-0.2, -0.15) is 5.10 Å². The quantitative estimate of drug-likeness (QED) is 0.712. The van der Waals surface area contributed by atoms with Crippen molar-refractivity contribution >= 4 is 11.5 Å². The molecular formula is C8H16N4. The average molecular weight is 168 g/mol. The van der Waals surface area contributed by atoms with Crippen molar-refractivity contribution in [2.24, 2.45) is 0 Å². The number of rotatable bonds is 4. The molecule has 0 fully saturated rings. The normalized spacial score (nSPS) is 10.2. The van der Waals surface area contributed by atoms with Crippen molar-refractivity contribution < 1.29 is 0 Å². The van der Waals surface area contributed by atoms with E-state index in [0.29, 0.717) is 0 Å². The van der Waals surface area contributed by atoms with Crippen LogP contribution in [0.5, 0.6) is 0 Å². The standard InChI is InChI=1S/C8H16N4/c1-3-5-12-8(10-4-2)7(9)6-11-12/h6,10H,3-5,9H2,1-2H3. The van der Waals surface area contributed by atoms with E-state index < -0.39 is 0 Å². The van der Waals surface area contributed by atoms with E-state index in [9.17, 15) is 0 Å². The second-order valence-electron chi connectivity index (χ2n) is 2.70. The van der Waals surface area contributed by atoms with E-state index in [-0.39, 0.29) is 0 Å². The third kappa shape index (κ3) is 1.69. The van der Waals surface area contributed by atoms with E-state index in [4.69, 9.17) is 5.73 Å². The van der Waals surface area contributed by atoms with Gasteiger partial charge in [-0.05, 0) is 13.3 Å². The minimum atomic E-state index is 0.727. The fourth-order valence-electron chi connectivity index (χ4n) is 1.14. The molecule has 0 saturated heterocycles. The molecule has 0 saturated carbocycles. The molecule has 0 bridgehead atoms. The van der Waals surface area contributed by atoms with Gasteiger partial charge in [0.1, 0.15) is 5.82 Å². The smallest absolute Gasteiger partial charge is 0.147 e. The Kier molecular flexibility index (Phi) is 2.96. The van der Waals surface area contributed by atoms with Crippen molar-refractivity contribution in [3.8, 4) is 0 Å². The predicted octanol–water partition coefficient (Wildman–Crippen LogP) is 1.31. The van der Waals surface area contributed by atoms with Crippen LogP contribution >= 0.6 is 0 Å². The van der Waals surface area contributed by atoms with Gasteiger partial charge in [-0.15, -0.1) is 0 Å². The zero-order chi connectivity index (χ0) is 8.97. The highest BCUT2D eigenvalue weighted by Gasteiger charge is 2.04. The lowest BCUT2D eigenvalue weighted by Crippen LogP contribution is -2.08. The summed E-state index contributed by atoms with van der Waals surface area (Å²) in [5, 5.41) is 7.34. The van der Waals surface area contributed by atoms with Crippen molar-refractivity contribution in [2.45, 2.75) is 26.8 Å². The molecule has 0 aliphatic heterocycles. The number of nitrogens with two attached hydrogens (primary N) is 1. The summed E-state index contributed by atoms with van der Waals surface area (Å²) in [5.74, 6) is 0.944. The molecule has 68 valence electrons. The molecule has 0 aliphatic rings. The van der Waals surface area contributed by atoms with Gasteiger partial charge in [0.2, 0.25) is 0 Å². The summed E-state index contributed by atoms with van der Waals surface area (Å²) in [6.07, 6.45) is 2.76. The molecule has 1 heterocycles. The number of nitrogens with one attached hydrogen (secondary N) is 1. The van der Waals surface area contributed by atoms with Crippen LogP contribution in [0, 0.1) is 0 Å². The number of nitrogen functional groups attached to an aromatic ring is 1. The minimum Gasteiger partial charge on any atom is -0.394 e. The van der Waals surface area contributed by atoms with Crippen LogP contribution in [0.1, 0.15) is 20.3 Å². The second kappa shape index (κ2) is 3.99. The van der Waals surface area contributed by atoms with Gasteiger partial charge >= 0.3 is 0 Å². The summed E-state index contributed by atoms with van der Waals surface area (Å²) in [4.78, 5) is 0. The molecule has 1 aromatic rings. The molecule has 0 amide bonds. The Labute approximate surface area is 72.8 Å². The molecular weight excluding hydrogens is 152 g/mol. The van der Waals surface area contributed by atoms with Gasteiger partial charge in [0.05, 0.1) is 11.9 Å². The zero-order valence-electron chi connectivity index (χ0n) is 7.67. The molecule has 0 atom stereocenters. The molecule has 12 heavy (non-hydrogen) atoms. The van der Waals surface area contributed by atoms with E-state index >= 15 is 0 Å². The Hall–Kier alpha value is -1.19. The SMILES string of the molecule is CCCn1ncc(N)c1NCC. The van der Waals surface area contributed by atoms with Gasteiger partial charge in [0.25, 0.3) is 0 Å². The molecule has 4 heteroatoms. The number of aryl methyl sites for hydroxylation is 1. The summed E-state index contributed by atoms with van der Waals surface area (Å²) in [5.41, 5.74) is 6.44. The van der Waals surface area contributed by atoms with Crippen LogP contribution in [-0.2, 0) is 6.54 Å². The van der Waals surface area contributed by atoms with Gasteiger partial charge in [-0.3, -0.25) is 0 Å². The third-order valence-corrected chi connectivity index (χ3v) is 1.65. The van der Waals surface area contributed by atoms with Crippen LogP contribution in [0.4, 0.5) is 11.5 Å². The minimum absolute atomic E-state index is 0.727. The van der Waals surface area contributed by atoms with Crippen LogP contribution in [0.2, 0.25) is 0 Å². The maximum absolute atomic E-state index is 5.71. The third-order valence-electron chi connectivity index (χ3n) is 1.65. The Morgan fingerprint density at radius 3 is 2.92 bits per heavy atom. The Morgan fingerprint density at radius 2 is 2.33 bits per heavy atom. The Balaban J connectivity index is 2.80. The highest BCUT2D eigenvalue weighted by molar-refractivity contribution is 5.60. The monoisotopic (exact) mass is 168 g/mol. The highest BCUT2D eigenvalue weighted by Crippen LogP contribution is 2.16. The molecule has 3 N–H and O–H groups in total. The van der Waals surface area contributed by atoms with E-state index in [1.807, 2.05) is 11.6 Å². The van der Waals surface area contributed by atoms with Crippen LogP contribution in [-0.4, -0.2) is 16.3 Å². The maximum Gasteiger partial charge on any atom is 0.147 e. The number of hydrogen-bond acceptors (Lipinski definition) is 3. The average Bonchev–Trinajstić information content (AvgIpc) is 2.37. The van der Waals surface area contributed by atoms with Gasteiger partial charge in [-0.1, -0.05) is 6.92 Å². The van der Waals surface area contributed by atoms with Crippen LogP contribution in [0.3, 0.4) is 0 Å². The van der Waals surface area contributed by atoms with Crippen molar-refractivity contribution in [3.63, 3.8) is 0 Å². The molecule has 0 radical (unpaired) electrons. The van der Waals surface area contributed by atoms with E-state index in [2.05, 4.69) is 17.3 Å². The first-order valence-corrected chi connectivity index (χ1v) is 4.34. The van der Waals surface area contributed by atoms with Crippen molar-refractivity contribution in [1.29, 1.82) is 0 Å². The van der Waals surface area contributed by atoms with Gasteiger partial charge < -0.3 is 11.1 Å². The van der Waals surface area contributed by atoms with Crippen molar-refractivity contribution in [3.05, 3.63) is 6.20 Å². The van der Waals surface area contributed by atoms with E-state index in [1.54, 1.807) is 6.20 Å². The predicted molar refractivity (Wildman–Crippen MR) is 51.1 cm³/mol. The first kappa shape index (κ1) is 8.90. The lowest BCUT2D eigenvalue weighted by molar-refractivity contribution is 0.608. The molecule has 4 nitrogen and oxygen atoms in total. The first-order valence-electron chi connectivity index (χ1n) is 4.34. The first-order chi connectivity index (χ1) is 5.79. The number of aromatic nitrogens is 2. The zero-order valence-corrected chi connectivity index (χ0v) is 7.67. The van der Waals surface area contributed by atoms with Crippen molar-refractivity contribution in [2.75, 3.05) is 17.6 Å².